The summed E-state index contributed by atoms with van der Waals surface area (Å²) < 4.78 is 24.1. The van der Waals surface area contributed by atoms with E-state index in [1.807, 2.05) is 29.8 Å². The molecule has 0 bridgehead atoms. The third kappa shape index (κ3) is 4.69. The highest BCUT2D eigenvalue weighted by Crippen LogP contribution is 2.33. The summed E-state index contributed by atoms with van der Waals surface area (Å²) in [4.78, 5) is 20.0. The molecule has 2 aromatic heterocycles. The second-order valence-electron chi connectivity index (χ2n) is 6.99. The van der Waals surface area contributed by atoms with Gasteiger partial charge in [-0.2, -0.15) is 0 Å². The van der Waals surface area contributed by atoms with E-state index < -0.39 is 0 Å². The maximum Gasteiger partial charge on any atom is 0.226 e. The second kappa shape index (κ2) is 9.18. The van der Waals surface area contributed by atoms with Gasteiger partial charge < -0.3 is 19.8 Å². The number of thiazole rings is 1. The topological polar surface area (TPSA) is 76.2 Å². The van der Waals surface area contributed by atoms with E-state index in [0.717, 1.165) is 27.0 Å². The molecule has 1 amide bonds. The molecule has 0 aliphatic carbocycles. The van der Waals surface area contributed by atoms with Crippen LogP contribution >= 0.6 is 11.3 Å². The number of nitrogens with zero attached hydrogens (tertiary/aromatic N) is 1. The van der Waals surface area contributed by atoms with Crippen molar-refractivity contribution in [1.82, 2.24) is 15.3 Å². The molecule has 0 atom stereocenters. The highest BCUT2D eigenvalue weighted by atomic mass is 32.1. The Morgan fingerprint density at radius 2 is 2.00 bits per heavy atom. The van der Waals surface area contributed by atoms with Crippen LogP contribution in [0.25, 0.3) is 21.5 Å². The largest absolute Gasteiger partial charge is 0.493 e. The Labute approximate surface area is 183 Å². The van der Waals surface area contributed by atoms with Crippen LogP contribution in [0.3, 0.4) is 0 Å². The van der Waals surface area contributed by atoms with E-state index in [9.17, 15) is 9.18 Å². The first kappa shape index (κ1) is 20.9. The highest BCUT2D eigenvalue weighted by Gasteiger charge is 2.12. The number of hydrogen-bond acceptors (Lipinski definition) is 5. The quantitative estimate of drug-likeness (QED) is 0.428. The van der Waals surface area contributed by atoms with Crippen LogP contribution in [0.2, 0.25) is 0 Å². The van der Waals surface area contributed by atoms with E-state index in [0.29, 0.717) is 30.2 Å². The summed E-state index contributed by atoms with van der Waals surface area (Å²) in [6, 6.07) is 10.3. The van der Waals surface area contributed by atoms with Gasteiger partial charge in [-0.05, 0) is 48.4 Å². The number of hydrogen-bond donors (Lipinski definition) is 2. The van der Waals surface area contributed by atoms with Gasteiger partial charge in [0.2, 0.25) is 5.91 Å². The van der Waals surface area contributed by atoms with Gasteiger partial charge in [0, 0.05) is 34.6 Å². The number of aromatic amines is 1. The van der Waals surface area contributed by atoms with Crippen LogP contribution in [-0.2, 0) is 17.6 Å². The maximum absolute atomic E-state index is 13.5. The number of amides is 1. The molecule has 160 valence electrons. The standard InChI is InChI=1S/C23H22FN3O3S/c1-29-20-6-3-14(9-21(20)30-2)23-27-17(13-31-23)11-22(28)25-8-7-15-12-26-19-5-4-16(24)10-18(15)19/h3-6,9-10,12-13,26H,7-8,11H2,1-2H3,(H,25,28). The average Bonchev–Trinajstić information content (AvgIpc) is 3.40. The van der Waals surface area contributed by atoms with Crippen molar-refractivity contribution in [3.05, 3.63) is 65.0 Å². The lowest BCUT2D eigenvalue weighted by molar-refractivity contribution is -0.120. The zero-order valence-electron chi connectivity index (χ0n) is 17.2. The summed E-state index contributed by atoms with van der Waals surface area (Å²) in [5, 5.41) is 6.45. The minimum atomic E-state index is -0.272. The first-order chi connectivity index (χ1) is 15.1. The summed E-state index contributed by atoms with van der Waals surface area (Å²) >= 11 is 1.47. The van der Waals surface area contributed by atoms with E-state index in [1.54, 1.807) is 20.3 Å². The van der Waals surface area contributed by atoms with Gasteiger partial charge in [0.05, 0.1) is 26.3 Å². The first-order valence-corrected chi connectivity index (χ1v) is 10.6. The number of carbonyl (C=O) groups is 1. The third-order valence-corrected chi connectivity index (χ3v) is 5.91. The summed E-state index contributed by atoms with van der Waals surface area (Å²) in [5.41, 5.74) is 3.47. The van der Waals surface area contributed by atoms with Crippen LogP contribution in [0.5, 0.6) is 11.5 Å². The Kier molecular flexibility index (Phi) is 6.18. The number of halogens is 1. The highest BCUT2D eigenvalue weighted by molar-refractivity contribution is 7.13. The summed E-state index contributed by atoms with van der Waals surface area (Å²) in [6.45, 7) is 0.467. The van der Waals surface area contributed by atoms with E-state index in [2.05, 4.69) is 15.3 Å². The van der Waals surface area contributed by atoms with Crippen LogP contribution in [0.4, 0.5) is 4.39 Å². The van der Waals surface area contributed by atoms with Gasteiger partial charge in [0.1, 0.15) is 10.8 Å². The van der Waals surface area contributed by atoms with E-state index in [4.69, 9.17) is 9.47 Å². The van der Waals surface area contributed by atoms with E-state index in [-0.39, 0.29) is 18.1 Å². The van der Waals surface area contributed by atoms with Crippen LogP contribution in [0.15, 0.2) is 48.0 Å². The predicted molar refractivity (Wildman–Crippen MR) is 119 cm³/mol. The molecule has 2 N–H and O–H groups in total. The number of nitrogens with one attached hydrogen (secondary N) is 2. The molecule has 0 radical (unpaired) electrons. The molecular formula is C23H22FN3O3S. The van der Waals surface area contributed by atoms with Crippen LogP contribution in [-0.4, -0.2) is 36.6 Å². The SMILES string of the molecule is COc1ccc(-c2nc(CC(=O)NCCc3c[nH]c4ccc(F)cc34)cs2)cc1OC. The predicted octanol–water partition coefficient (Wildman–Crippen LogP) is 4.35. The van der Waals surface area contributed by atoms with Crippen molar-refractivity contribution < 1.29 is 18.7 Å². The minimum absolute atomic E-state index is 0.102. The molecule has 6 nitrogen and oxygen atoms in total. The van der Waals surface area contributed by atoms with Crippen molar-refractivity contribution in [2.75, 3.05) is 20.8 Å². The van der Waals surface area contributed by atoms with Crippen molar-refractivity contribution in [3.8, 4) is 22.1 Å². The molecule has 0 fully saturated rings. The van der Waals surface area contributed by atoms with Crippen molar-refractivity contribution in [2.45, 2.75) is 12.8 Å². The maximum atomic E-state index is 13.5. The number of methoxy groups -OCH3 is 2. The number of H-pyrrole nitrogens is 1. The van der Waals surface area contributed by atoms with E-state index in [1.165, 1.54) is 23.5 Å². The smallest absolute Gasteiger partial charge is 0.226 e. The lowest BCUT2D eigenvalue weighted by Gasteiger charge is -2.08. The molecule has 0 spiro atoms. The molecule has 2 aromatic carbocycles. The normalized spacial score (nSPS) is 10.9. The van der Waals surface area contributed by atoms with Crippen molar-refractivity contribution in [3.63, 3.8) is 0 Å². The molecule has 0 saturated heterocycles. The number of benzene rings is 2. The summed E-state index contributed by atoms with van der Waals surface area (Å²) in [5.74, 6) is 0.911. The number of ether oxygens (including phenoxy) is 2. The summed E-state index contributed by atoms with van der Waals surface area (Å²) in [6.07, 6.45) is 2.67. The van der Waals surface area contributed by atoms with Gasteiger partial charge >= 0.3 is 0 Å². The van der Waals surface area contributed by atoms with Crippen LogP contribution in [0.1, 0.15) is 11.3 Å². The zero-order valence-corrected chi connectivity index (χ0v) is 18.0. The number of aromatic nitrogens is 2. The lowest BCUT2D eigenvalue weighted by Crippen LogP contribution is -2.27. The van der Waals surface area contributed by atoms with Gasteiger partial charge in [0.15, 0.2) is 11.5 Å². The molecule has 0 aliphatic heterocycles. The fourth-order valence-corrected chi connectivity index (χ4v) is 4.23. The average molecular weight is 440 g/mol. The van der Waals surface area contributed by atoms with Gasteiger partial charge in [-0.15, -0.1) is 11.3 Å². The van der Waals surface area contributed by atoms with Gasteiger partial charge in [-0.25, -0.2) is 9.37 Å². The molecule has 0 saturated carbocycles. The number of carbonyl (C=O) groups excluding carboxylic acids is 1. The Hall–Kier alpha value is -3.39. The molecule has 4 aromatic rings. The van der Waals surface area contributed by atoms with Crippen molar-refractivity contribution in [1.29, 1.82) is 0 Å². The fraction of sp³-hybridized carbons (Fsp3) is 0.217. The Morgan fingerprint density at radius 1 is 1.16 bits per heavy atom. The Morgan fingerprint density at radius 3 is 2.81 bits per heavy atom. The zero-order chi connectivity index (χ0) is 21.8. The second-order valence-corrected chi connectivity index (χ2v) is 7.85. The molecule has 0 unspecified atom stereocenters. The van der Waals surface area contributed by atoms with Crippen LogP contribution < -0.4 is 14.8 Å². The van der Waals surface area contributed by atoms with Gasteiger partial charge in [-0.1, -0.05) is 0 Å². The molecule has 31 heavy (non-hydrogen) atoms. The molecular weight excluding hydrogens is 417 g/mol. The Balaban J connectivity index is 1.34. The minimum Gasteiger partial charge on any atom is -0.493 e. The van der Waals surface area contributed by atoms with E-state index >= 15 is 0 Å². The lowest BCUT2D eigenvalue weighted by atomic mass is 10.1. The first-order valence-electron chi connectivity index (χ1n) is 9.76. The third-order valence-electron chi connectivity index (χ3n) is 4.97. The van der Waals surface area contributed by atoms with Gasteiger partial charge in [-0.3, -0.25) is 4.79 Å². The van der Waals surface area contributed by atoms with Crippen LogP contribution in [0, 0.1) is 5.82 Å². The monoisotopic (exact) mass is 439 g/mol. The molecule has 0 aliphatic rings. The number of fused-ring (bicyclic) bond motifs is 1. The fourth-order valence-electron chi connectivity index (χ4n) is 3.41. The molecule has 4 rings (SSSR count). The van der Waals surface area contributed by atoms with Crippen molar-refractivity contribution in [2.24, 2.45) is 0 Å². The molecule has 8 heteroatoms. The van der Waals surface area contributed by atoms with Crippen molar-refractivity contribution >= 4 is 28.1 Å². The molecule has 2 heterocycles. The number of rotatable bonds is 8. The summed E-state index contributed by atoms with van der Waals surface area (Å²) in [7, 11) is 3.18. The Bertz CT molecular complexity index is 1220. The van der Waals surface area contributed by atoms with Gasteiger partial charge in [0.25, 0.3) is 0 Å².